The average molecular weight is 116 g/mol. The van der Waals surface area contributed by atoms with Crippen LogP contribution >= 0.6 is 0 Å². The molecule has 0 fully saturated rings. The van der Waals surface area contributed by atoms with Crippen molar-refractivity contribution in [1.82, 2.24) is 0 Å². The molecule has 0 aliphatic heterocycles. The van der Waals surface area contributed by atoms with Gasteiger partial charge in [-0.15, -0.1) is 6.42 Å². The summed E-state index contributed by atoms with van der Waals surface area (Å²) in [6.07, 6.45) is 13.2. The summed E-state index contributed by atoms with van der Waals surface area (Å²) >= 11 is 0. The summed E-state index contributed by atoms with van der Waals surface area (Å²) in [5.74, 6) is 3.97. The van der Waals surface area contributed by atoms with E-state index in [1.165, 1.54) is 12.0 Å². The molecule has 2 atom stereocenters. The van der Waals surface area contributed by atoms with Gasteiger partial charge in [-0.2, -0.15) is 0 Å². The van der Waals surface area contributed by atoms with Gasteiger partial charge in [0.25, 0.3) is 0 Å². The van der Waals surface area contributed by atoms with Crippen LogP contribution in [0.1, 0.15) is 6.42 Å². The van der Waals surface area contributed by atoms with E-state index in [9.17, 15) is 0 Å². The minimum Gasteiger partial charge on any atom is -0.115 e. The van der Waals surface area contributed by atoms with Gasteiger partial charge in [0, 0.05) is 11.5 Å². The zero-order valence-corrected chi connectivity index (χ0v) is 5.17. The van der Waals surface area contributed by atoms with E-state index in [0.29, 0.717) is 11.8 Å². The summed E-state index contributed by atoms with van der Waals surface area (Å²) in [6, 6.07) is 0. The minimum atomic E-state index is 0.597. The van der Waals surface area contributed by atoms with Gasteiger partial charge in [-0.05, 0) is 12.3 Å². The molecule has 2 aliphatic carbocycles. The Morgan fingerprint density at radius 1 is 1.56 bits per heavy atom. The lowest BCUT2D eigenvalue weighted by Gasteiger charge is -1.98. The fourth-order valence-electron chi connectivity index (χ4n) is 1.59. The van der Waals surface area contributed by atoms with Gasteiger partial charge in [0.15, 0.2) is 0 Å². The van der Waals surface area contributed by atoms with Crippen LogP contribution in [0.5, 0.6) is 0 Å². The van der Waals surface area contributed by atoms with E-state index in [0.717, 1.165) is 0 Å². The first-order chi connectivity index (χ1) is 4.40. The molecular weight excluding hydrogens is 108 g/mol. The van der Waals surface area contributed by atoms with Crippen LogP contribution in [0.2, 0.25) is 0 Å². The number of hydrogen-bond acceptors (Lipinski definition) is 0. The maximum atomic E-state index is 5.27. The van der Waals surface area contributed by atoms with Gasteiger partial charge in [0.2, 0.25) is 0 Å². The van der Waals surface area contributed by atoms with Crippen LogP contribution in [-0.2, 0) is 0 Å². The molecule has 2 rings (SSSR count). The lowest BCUT2D eigenvalue weighted by atomic mass is 10.0. The van der Waals surface area contributed by atoms with Gasteiger partial charge in [-0.3, -0.25) is 0 Å². The normalized spacial score (nSPS) is 36.6. The molecule has 2 unspecified atom stereocenters. The highest BCUT2D eigenvalue weighted by atomic mass is 14.3. The molecule has 2 aliphatic rings. The third-order valence-corrected chi connectivity index (χ3v) is 2.08. The van der Waals surface area contributed by atoms with Crippen LogP contribution in [0, 0.1) is 24.2 Å². The lowest BCUT2D eigenvalue weighted by molar-refractivity contribution is 0.723. The Labute approximate surface area is 55.3 Å². The maximum Gasteiger partial charge on any atom is 0.0103 e. The van der Waals surface area contributed by atoms with Gasteiger partial charge >= 0.3 is 0 Å². The van der Waals surface area contributed by atoms with Crippen molar-refractivity contribution in [2.24, 2.45) is 11.8 Å². The van der Waals surface area contributed by atoms with Crippen LogP contribution in [0.15, 0.2) is 23.8 Å². The fraction of sp³-hybridized carbons (Fsp3) is 0.333. The molecule has 0 aromatic rings. The van der Waals surface area contributed by atoms with E-state index in [2.05, 4.69) is 24.1 Å². The molecule has 9 heavy (non-hydrogen) atoms. The van der Waals surface area contributed by atoms with Crippen molar-refractivity contribution in [2.75, 3.05) is 0 Å². The van der Waals surface area contributed by atoms with Crippen LogP contribution < -0.4 is 0 Å². The van der Waals surface area contributed by atoms with Gasteiger partial charge in [-0.25, -0.2) is 0 Å². The van der Waals surface area contributed by atoms with Crippen molar-refractivity contribution in [3.05, 3.63) is 23.8 Å². The van der Waals surface area contributed by atoms with Crippen LogP contribution in [-0.4, -0.2) is 0 Å². The van der Waals surface area contributed by atoms with Crippen LogP contribution in [0.4, 0.5) is 0 Å². The molecule has 0 radical (unpaired) electrons. The molecule has 0 spiro atoms. The predicted molar refractivity (Wildman–Crippen MR) is 37.7 cm³/mol. The smallest absolute Gasteiger partial charge is 0.0103 e. The maximum absolute atomic E-state index is 5.27. The Morgan fingerprint density at radius 2 is 2.44 bits per heavy atom. The SMILES string of the molecule is C#CC1=CC2C=CC1C2. The summed E-state index contributed by atoms with van der Waals surface area (Å²) in [4.78, 5) is 0. The van der Waals surface area contributed by atoms with Crippen molar-refractivity contribution in [3.63, 3.8) is 0 Å². The second-order valence-corrected chi connectivity index (χ2v) is 2.66. The quantitative estimate of drug-likeness (QED) is 0.334. The topological polar surface area (TPSA) is 0 Å². The van der Waals surface area contributed by atoms with Gasteiger partial charge in [-0.1, -0.05) is 24.1 Å². The van der Waals surface area contributed by atoms with E-state index in [1.54, 1.807) is 0 Å². The largest absolute Gasteiger partial charge is 0.115 e. The monoisotopic (exact) mass is 116 g/mol. The van der Waals surface area contributed by atoms with Crippen LogP contribution in [0.3, 0.4) is 0 Å². The molecule has 0 heterocycles. The molecule has 0 amide bonds. The third-order valence-electron chi connectivity index (χ3n) is 2.08. The lowest BCUT2D eigenvalue weighted by Crippen LogP contribution is -1.88. The van der Waals surface area contributed by atoms with Crippen molar-refractivity contribution in [2.45, 2.75) is 6.42 Å². The Bertz CT molecular complexity index is 225. The molecule has 2 bridgehead atoms. The van der Waals surface area contributed by atoms with Crippen molar-refractivity contribution >= 4 is 0 Å². The number of fused-ring (bicyclic) bond motifs is 2. The van der Waals surface area contributed by atoms with Gasteiger partial charge < -0.3 is 0 Å². The predicted octanol–water partition coefficient (Wildman–Crippen LogP) is 1.75. The molecule has 44 valence electrons. The highest BCUT2D eigenvalue weighted by Crippen LogP contribution is 2.37. The summed E-state index contributed by atoms with van der Waals surface area (Å²) < 4.78 is 0. The van der Waals surface area contributed by atoms with Crippen molar-refractivity contribution in [1.29, 1.82) is 0 Å². The highest BCUT2D eigenvalue weighted by molar-refractivity contribution is 5.40. The van der Waals surface area contributed by atoms with Crippen LogP contribution in [0.25, 0.3) is 0 Å². The number of rotatable bonds is 0. The standard InChI is InChI=1S/C9H8/c1-2-8-5-7-3-4-9(8)6-7/h1,3-5,7,9H,6H2. The first-order valence-electron chi connectivity index (χ1n) is 3.27. The van der Waals surface area contributed by atoms with E-state index >= 15 is 0 Å². The summed E-state index contributed by atoms with van der Waals surface area (Å²) in [5.41, 5.74) is 1.20. The first kappa shape index (κ1) is 4.88. The number of terminal acetylenes is 1. The Hall–Kier alpha value is -0.960. The molecular formula is C9H8. The average Bonchev–Trinajstić information content (AvgIpc) is 2.45. The molecule has 0 N–H and O–H groups in total. The zero-order valence-electron chi connectivity index (χ0n) is 5.17. The zero-order chi connectivity index (χ0) is 6.27. The highest BCUT2D eigenvalue weighted by Gasteiger charge is 2.26. The summed E-state index contributed by atoms with van der Waals surface area (Å²) in [6.45, 7) is 0. The summed E-state index contributed by atoms with van der Waals surface area (Å²) in [5, 5.41) is 0. The molecule has 0 aromatic heterocycles. The first-order valence-corrected chi connectivity index (χ1v) is 3.27. The molecule has 0 saturated carbocycles. The third kappa shape index (κ3) is 0.549. The fourth-order valence-corrected chi connectivity index (χ4v) is 1.59. The Morgan fingerprint density at radius 3 is 2.78 bits per heavy atom. The van der Waals surface area contributed by atoms with E-state index in [-0.39, 0.29) is 0 Å². The molecule has 0 saturated heterocycles. The Balaban J connectivity index is 2.35. The van der Waals surface area contributed by atoms with E-state index < -0.39 is 0 Å². The van der Waals surface area contributed by atoms with Gasteiger partial charge in [0.1, 0.15) is 0 Å². The van der Waals surface area contributed by atoms with Gasteiger partial charge in [0.05, 0.1) is 0 Å². The second kappa shape index (κ2) is 1.51. The molecule has 0 aromatic carbocycles. The minimum absolute atomic E-state index is 0.597. The van der Waals surface area contributed by atoms with E-state index in [4.69, 9.17) is 6.42 Å². The Kier molecular flexibility index (Phi) is 0.818. The molecule has 0 heteroatoms. The second-order valence-electron chi connectivity index (χ2n) is 2.66. The number of allylic oxidation sites excluding steroid dienone is 4. The van der Waals surface area contributed by atoms with Crippen molar-refractivity contribution < 1.29 is 0 Å². The van der Waals surface area contributed by atoms with E-state index in [1.807, 2.05) is 0 Å². The summed E-state index contributed by atoms with van der Waals surface area (Å²) in [7, 11) is 0. The number of hydrogen-bond donors (Lipinski definition) is 0. The molecule has 0 nitrogen and oxygen atoms in total. The van der Waals surface area contributed by atoms with Crippen molar-refractivity contribution in [3.8, 4) is 12.3 Å².